The van der Waals surface area contributed by atoms with Crippen molar-refractivity contribution in [3.63, 3.8) is 0 Å². The van der Waals surface area contributed by atoms with Crippen LogP contribution in [-0.2, 0) is 6.54 Å². The Bertz CT molecular complexity index is 392. The molecule has 2 saturated carbocycles. The van der Waals surface area contributed by atoms with Crippen LogP contribution in [-0.4, -0.2) is 16.0 Å². The molecule has 17 heavy (non-hydrogen) atoms. The third kappa shape index (κ3) is 2.83. The van der Waals surface area contributed by atoms with Crippen molar-refractivity contribution in [1.29, 1.82) is 0 Å². The fraction of sp³-hybridized carbons (Fsp3) is 0.714. The van der Waals surface area contributed by atoms with Gasteiger partial charge in [-0.25, -0.2) is 9.97 Å². The summed E-state index contributed by atoms with van der Waals surface area (Å²) >= 11 is 0. The van der Waals surface area contributed by atoms with Gasteiger partial charge in [0.1, 0.15) is 5.82 Å². The first-order valence-electron chi connectivity index (χ1n) is 6.89. The van der Waals surface area contributed by atoms with Crippen molar-refractivity contribution in [2.75, 3.05) is 0 Å². The first-order chi connectivity index (χ1) is 8.31. The predicted molar refractivity (Wildman–Crippen MR) is 67.8 cm³/mol. The smallest absolute Gasteiger partial charge is 0.142 e. The zero-order valence-corrected chi connectivity index (χ0v) is 10.6. The van der Waals surface area contributed by atoms with Gasteiger partial charge in [0.15, 0.2) is 0 Å². The molecule has 3 rings (SSSR count). The van der Waals surface area contributed by atoms with Crippen LogP contribution in [0.4, 0.5) is 0 Å². The van der Waals surface area contributed by atoms with Gasteiger partial charge in [0, 0.05) is 23.3 Å². The van der Waals surface area contributed by atoms with E-state index in [1.165, 1.54) is 44.2 Å². The van der Waals surface area contributed by atoms with Gasteiger partial charge in [-0.3, -0.25) is 0 Å². The third-order valence-electron chi connectivity index (χ3n) is 3.82. The molecule has 0 unspecified atom stereocenters. The molecule has 3 heteroatoms. The Morgan fingerprint density at radius 1 is 1.18 bits per heavy atom. The fourth-order valence-electron chi connectivity index (χ4n) is 2.69. The molecule has 2 fully saturated rings. The van der Waals surface area contributed by atoms with Gasteiger partial charge in [-0.2, -0.15) is 0 Å². The van der Waals surface area contributed by atoms with Gasteiger partial charge in [0.25, 0.3) is 0 Å². The lowest BCUT2D eigenvalue weighted by molar-refractivity contribution is 0.632. The monoisotopic (exact) mass is 231 g/mol. The maximum absolute atomic E-state index is 4.74. The summed E-state index contributed by atoms with van der Waals surface area (Å²) in [6.07, 6.45) is 7.99. The van der Waals surface area contributed by atoms with Crippen LogP contribution in [0, 0.1) is 6.92 Å². The molecule has 0 radical (unpaired) electrons. The minimum atomic E-state index is 0.691. The minimum Gasteiger partial charge on any atom is -0.307 e. The summed E-state index contributed by atoms with van der Waals surface area (Å²) in [5.41, 5.74) is 2.40. The molecule has 1 heterocycles. The lowest BCUT2D eigenvalue weighted by atomic mass is 10.0. The van der Waals surface area contributed by atoms with Crippen molar-refractivity contribution in [2.24, 2.45) is 0 Å². The maximum Gasteiger partial charge on any atom is 0.142 e. The summed E-state index contributed by atoms with van der Waals surface area (Å²) in [6.45, 7) is 2.92. The topological polar surface area (TPSA) is 37.8 Å². The van der Waals surface area contributed by atoms with Crippen molar-refractivity contribution in [3.05, 3.63) is 23.3 Å². The van der Waals surface area contributed by atoms with Gasteiger partial charge in [-0.15, -0.1) is 0 Å². The van der Waals surface area contributed by atoms with E-state index in [1.807, 2.05) is 0 Å². The maximum atomic E-state index is 4.74. The van der Waals surface area contributed by atoms with Crippen molar-refractivity contribution < 1.29 is 0 Å². The summed E-state index contributed by atoms with van der Waals surface area (Å²) in [7, 11) is 0. The molecular weight excluding hydrogens is 210 g/mol. The van der Waals surface area contributed by atoms with Gasteiger partial charge in [-0.05, 0) is 38.7 Å². The summed E-state index contributed by atoms with van der Waals surface area (Å²) in [6, 6.07) is 2.91. The Morgan fingerprint density at radius 3 is 2.65 bits per heavy atom. The van der Waals surface area contributed by atoms with Crippen LogP contribution in [0.25, 0.3) is 0 Å². The van der Waals surface area contributed by atoms with E-state index in [4.69, 9.17) is 4.98 Å². The molecule has 0 aromatic carbocycles. The Labute approximate surface area is 103 Å². The number of aryl methyl sites for hydroxylation is 1. The van der Waals surface area contributed by atoms with Gasteiger partial charge < -0.3 is 5.32 Å². The molecule has 1 aromatic heterocycles. The van der Waals surface area contributed by atoms with Crippen LogP contribution < -0.4 is 5.32 Å². The highest BCUT2D eigenvalue weighted by Gasteiger charge is 2.22. The second-order valence-corrected chi connectivity index (χ2v) is 5.49. The second kappa shape index (κ2) is 4.73. The Hall–Kier alpha value is -0.960. The predicted octanol–water partition coefficient (Wildman–Crippen LogP) is 2.69. The van der Waals surface area contributed by atoms with Gasteiger partial charge in [0.05, 0.1) is 6.54 Å². The number of hydrogen-bond donors (Lipinski definition) is 1. The standard InChI is InChI=1S/C14H21N3/c1-10-8-13(11-4-2-3-5-11)17-14(16-10)9-15-12-6-7-12/h8,11-12,15H,2-7,9H2,1H3. The molecular formula is C14H21N3. The molecule has 0 amide bonds. The summed E-state index contributed by atoms with van der Waals surface area (Å²) in [5.74, 6) is 1.68. The Kier molecular flexibility index (Phi) is 3.10. The zero-order chi connectivity index (χ0) is 11.7. The summed E-state index contributed by atoms with van der Waals surface area (Å²) < 4.78 is 0. The van der Waals surface area contributed by atoms with Crippen LogP contribution in [0.3, 0.4) is 0 Å². The lowest BCUT2D eigenvalue weighted by Crippen LogP contribution is -2.18. The highest BCUT2D eigenvalue weighted by molar-refractivity contribution is 5.15. The van der Waals surface area contributed by atoms with Crippen molar-refractivity contribution in [3.8, 4) is 0 Å². The largest absolute Gasteiger partial charge is 0.307 e. The lowest BCUT2D eigenvalue weighted by Gasteiger charge is -2.11. The van der Waals surface area contributed by atoms with Crippen molar-refractivity contribution in [1.82, 2.24) is 15.3 Å². The number of aromatic nitrogens is 2. The SMILES string of the molecule is Cc1cc(C2CCCC2)nc(CNC2CC2)n1. The molecule has 2 aliphatic carbocycles. The molecule has 2 aliphatic rings. The second-order valence-electron chi connectivity index (χ2n) is 5.49. The van der Waals surface area contributed by atoms with E-state index >= 15 is 0 Å². The average Bonchev–Trinajstić information content (AvgIpc) is 2.98. The van der Waals surface area contributed by atoms with Gasteiger partial charge >= 0.3 is 0 Å². The van der Waals surface area contributed by atoms with E-state index in [9.17, 15) is 0 Å². The third-order valence-corrected chi connectivity index (χ3v) is 3.82. The van der Waals surface area contributed by atoms with E-state index in [1.54, 1.807) is 0 Å². The summed E-state index contributed by atoms with van der Waals surface area (Å²) in [4.78, 5) is 9.27. The van der Waals surface area contributed by atoms with Crippen LogP contribution in [0.2, 0.25) is 0 Å². The van der Waals surface area contributed by atoms with Crippen LogP contribution >= 0.6 is 0 Å². The van der Waals surface area contributed by atoms with E-state index in [2.05, 4.69) is 23.3 Å². The number of hydrogen-bond acceptors (Lipinski definition) is 3. The molecule has 0 aliphatic heterocycles. The fourth-order valence-corrected chi connectivity index (χ4v) is 2.69. The van der Waals surface area contributed by atoms with E-state index < -0.39 is 0 Å². The number of rotatable bonds is 4. The average molecular weight is 231 g/mol. The Balaban J connectivity index is 1.73. The molecule has 0 saturated heterocycles. The molecule has 1 N–H and O–H groups in total. The molecule has 1 aromatic rings. The quantitative estimate of drug-likeness (QED) is 0.865. The molecule has 3 nitrogen and oxygen atoms in total. The molecule has 0 atom stereocenters. The normalized spacial score (nSPS) is 21.0. The molecule has 0 spiro atoms. The first kappa shape index (κ1) is 11.1. The van der Waals surface area contributed by atoms with Gasteiger partial charge in [-0.1, -0.05) is 12.8 Å². The highest BCUT2D eigenvalue weighted by Crippen LogP contribution is 2.33. The zero-order valence-electron chi connectivity index (χ0n) is 10.6. The van der Waals surface area contributed by atoms with Crippen LogP contribution in [0.15, 0.2) is 6.07 Å². The first-order valence-corrected chi connectivity index (χ1v) is 6.89. The summed E-state index contributed by atoms with van der Waals surface area (Å²) in [5, 5.41) is 3.49. The van der Waals surface area contributed by atoms with Crippen LogP contribution in [0.1, 0.15) is 61.7 Å². The highest BCUT2D eigenvalue weighted by atomic mass is 15.0. The van der Waals surface area contributed by atoms with E-state index in [-0.39, 0.29) is 0 Å². The number of nitrogens with one attached hydrogen (secondary N) is 1. The van der Waals surface area contributed by atoms with Crippen LogP contribution in [0.5, 0.6) is 0 Å². The molecule has 92 valence electrons. The van der Waals surface area contributed by atoms with E-state index in [0.29, 0.717) is 5.92 Å². The number of nitrogens with zero attached hydrogens (tertiary/aromatic N) is 2. The van der Waals surface area contributed by atoms with Gasteiger partial charge in [0.2, 0.25) is 0 Å². The minimum absolute atomic E-state index is 0.691. The van der Waals surface area contributed by atoms with E-state index in [0.717, 1.165) is 24.1 Å². The molecule has 0 bridgehead atoms. The van der Waals surface area contributed by atoms with Crippen molar-refractivity contribution >= 4 is 0 Å². The van der Waals surface area contributed by atoms with Crippen molar-refractivity contribution in [2.45, 2.75) is 64.0 Å². The Morgan fingerprint density at radius 2 is 1.94 bits per heavy atom.